The first-order valence-corrected chi connectivity index (χ1v) is 21.7. The molecular weight excluding hydrogens is 806 g/mol. The molecule has 4 amide bonds. The van der Waals surface area contributed by atoms with E-state index in [1.54, 1.807) is 28.9 Å². The highest BCUT2D eigenvalue weighted by atomic mass is 35.5. The van der Waals surface area contributed by atoms with Gasteiger partial charge in [0.15, 0.2) is 24.0 Å². The summed E-state index contributed by atoms with van der Waals surface area (Å²) in [7, 11) is 3.51. The Labute approximate surface area is 361 Å². The van der Waals surface area contributed by atoms with Crippen molar-refractivity contribution in [2.24, 2.45) is 0 Å². The smallest absolute Gasteiger partial charge is 0.416 e. The normalized spacial score (nSPS) is 21.6. The van der Waals surface area contributed by atoms with E-state index in [1.165, 1.54) is 18.1 Å². The third-order valence-corrected chi connectivity index (χ3v) is 12.0. The van der Waals surface area contributed by atoms with E-state index in [2.05, 4.69) is 16.8 Å². The average Bonchev–Trinajstić information content (AvgIpc) is 3.61. The number of unbranched alkanes of at least 4 members (excludes halogenated alkanes) is 2. The summed E-state index contributed by atoms with van der Waals surface area (Å²) < 4.78 is 35.6. The minimum absolute atomic E-state index is 0.0415. The number of likely N-dealkylation sites (N-methyl/N-ethyl adjacent to an activating group) is 1. The first-order valence-electron chi connectivity index (χ1n) is 21.2. The van der Waals surface area contributed by atoms with Gasteiger partial charge in [0.05, 0.1) is 36.7 Å². The molecule has 1 N–H and O–H groups in total. The Kier molecular flexibility index (Phi) is 14.6. The van der Waals surface area contributed by atoms with Gasteiger partial charge in [-0.1, -0.05) is 36.9 Å². The van der Waals surface area contributed by atoms with Crippen LogP contribution in [-0.2, 0) is 19.0 Å². The molecule has 0 spiro atoms. The van der Waals surface area contributed by atoms with E-state index in [1.807, 2.05) is 37.4 Å². The fourth-order valence-electron chi connectivity index (χ4n) is 8.35. The van der Waals surface area contributed by atoms with E-state index in [9.17, 15) is 19.2 Å². The highest BCUT2D eigenvalue weighted by Crippen LogP contribution is 2.46. The fourth-order valence-corrected chi connectivity index (χ4v) is 8.61. The van der Waals surface area contributed by atoms with Crippen molar-refractivity contribution in [2.45, 2.75) is 76.3 Å². The zero-order valence-corrected chi connectivity index (χ0v) is 36.0. The SMILES string of the molecule is C=CCOC(=O)N1c2cc(OCCCCCC(=O)N3C[C@@H](CCl)c4c3cc(OC(=O)N3CCN(C)CC3)c3ccccc43)c(OC)cc2C(=O)N[C@@H](C)[C@@H]1OC1CCCCO1. The average molecular weight is 862 g/mol. The largest absolute Gasteiger partial charge is 0.493 e. The van der Waals surface area contributed by atoms with Crippen LogP contribution < -0.4 is 29.3 Å². The fraction of sp³-hybridized carbons (Fsp3) is 0.511. The van der Waals surface area contributed by atoms with E-state index >= 15 is 0 Å². The molecule has 4 aliphatic rings. The van der Waals surface area contributed by atoms with E-state index in [0.717, 1.165) is 48.0 Å². The predicted octanol–water partition coefficient (Wildman–Crippen LogP) is 7.03. The second kappa shape index (κ2) is 20.2. The van der Waals surface area contributed by atoms with Crippen molar-refractivity contribution < 1.29 is 47.6 Å². The molecular formula is C45H56ClN5O10. The molecule has 3 aromatic rings. The number of anilines is 2. The molecule has 0 aliphatic carbocycles. The number of nitrogens with one attached hydrogen (secondary N) is 1. The highest BCUT2D eigenvalue weighted by molar-refractivity contribution is 6.19. The van der Waals surface area contributed by atoms with Gasteiger partial charge < -0.3 is 48.4 Å². The quantitative estimate of drug-likeness (QED) is 0.101. The molecule has 15 nitrogen and oxygen atoms in total. The summed E-state index contributed by atoms with van der Waals surface area (Å²) in [5.74, 6) is 0.868. The summed E-state index contributed by atoms with van der Waals surface area (Å²) in [6.45, 7) is 9.33. The van der Waals surface area contributed by atoms with Crippen LogP contribution in [0, 0.1) is 0 Å². The maximum absolute atomic E-state index is 13.9. The van der Waals surface area contributed by atoms with Crippen LogP contribution >= 0.6 is 11.6 Å². The summed E-state index contributed by atoms with van der Waals surface area (Å²) in [5.41, 5.74) is 2.14. The molecule has 0 aromatic heterocycles. The molecule has 4 aliphatic heterocycles. The number of benzene rings is 3. The molecule has 16 heteroatoms. The van der Waals surface area contributed by atoms with Crippen molar-refractivity contribution >= 4 is 57.7 Å². The molecule has 4 heterocycles. The molecule has 2 saturated heterocycles. The lowest BCUT2D eigenvalue weighted by Gasteiger charge is -2.36. The number of ether oxygens (including phenoxy) is 6. The molecule has 0 bridgehead atoms. The van der Waals surface area contributed by atoms with Gasteiger partial charge >= 0.3 is 12.2 Å². The van der Waals surface area contributed by atoms with E-state index in [0.29, 0.717) is 81.5 Å². The van der Waals surface area contributed by atoms with Crippen LogP contribution in [0.15, 0.2) is 55.1 Å². The Morgan fingerprint density at radius 3 is 2.46 bits per heavy atom. The van der Waals surface area contributed by atoms with Gasteiger partial charge in [0.2, 0.25) is 5.91 Å². The summed E-state index contributed by atoms with van der Waals surface area (Å²) in [6, 6.07) is 12.1. The van der Waals surface area contributed by atoms with Crippen LogP contribution in [0.5, 0.6) is 17.2 Å². The Balaban J connectivity index is 1.02. The number of fused-ring (bicyclic) bond motifs is 4. The van der Waals surface area contributed by atoms with Gasteiger partial charge in [-0.3, -0.25) is 9.59 Å². The van der Waals surface area contributed by atoms with Crippen LogP contribution in [0.25, 0.3) is 10.8 Å². The Morgan fingerprint density at radius 2 is 1.74 bits per heavy atom. The summed E-state index contributed by atoms with van der Waals surface area (Å²) >= 11 is 6.51. The molecule has 3 aromatic carbocycles. The zero-order valence-electron chi connectivity index (χ0n) is 35.2. The number of carbonyl (C=O) groups is 4. The monoisotopic (exact) mass is 861 g/mol. The van der Waals surface area contributed by atoms with Gasteiger partial charge in [-0.2, -0.15) is 0 Å². The number of amides is 4. The van der Waals surface area contributed by atoms with Crippen molar-refractivity contribution in [2.75, 3.05) is 82.4 Å². The van der Waals surface area contributed by atoms with E-state index in [-0.39, 0.29) is 36.3 Å². The number of hydrogen-bond acceptors (Lipinski definition) is 11. The standard InChI is InChI=1S/C45H56ClN5O10/c1-5-21-59-45(55)51-34-25-38(37(56-4)24-33(34)42(53)47-29(2)43(51)61-40-16-10-12-23-58-40)57-22-11-6-7-15-39(52)50-28-30(27-46)41-32-14-9-8-13-31(32)36(26-35(41)50)60-44(54)49-19-17-48(3)18-20-49/h5,8-9,13-14,24-26,29-30,40,43H,1,6-7,10-12,15-23,27-28H2,2-4H3,(H,47,53)/t29-,30+,40?,43-/m0/s1. The van der Waals surface area contributed by atoms with Crippen molar-refractivity contribution in [1.82, 2.24) is 15.1 Å². The molecule has 4 atom stereocenters. The van der Waals surface area contributed by atoms with Crippen LogP contribution in [0.1, 0.15) is 73.7 Å². The zero-order chi connectivity index (χ0) is 43.0. The van der Waals surface area contributed by atoms with Gasteiger partial charge in [0.25, 0.3) is 5.91 Å². The minimum atomic E-state index is -0.950. The third-order valence-electron chi connectivity index (χ3n) is 11.6. The van der Waals surface area contributed by atoms with E-state index in [4.69, 9.17) is 40.0 Å². The van der Waals surface area contributed by atoms with Gasteiger partial charge in [-0.15, -0.1) is 11.6 Å². The summed E-state index contributed by atoms with van der Waals surface area (Å²) in [5, 5.41) is 4.66. The highest BCUT2D eigenvalue weighted by Gasteiger charge is 2.41. The van der Waals surface area contributed by atoms with Crippen LogP contribution in [-0.4, -0.2) is 125 Å². The molecule has 328 valence electrons. The van der Waals surface area contributed by atoms with Gasteiger partial charge in [0.1, 0.15) is 12.4 Å². The number of piperazine rings is 1. The Hall–Kier alpha value is -5.09. The lowest BCUT2D eigenvalue weighted by molar-refractivity contribution is -0.190. The molecule has 0 radical (unpaired) electrons. The second-order valence-electron chi connectivity index (χ2n) is 15.9. The maximum Gasteiger partial charge on any atom is 0.416 e. The Bertz CT molecular complexity index is 2090. The Morgan fingerprint density at radius 1 is 0.967 bits per heavy atom. The van der Waals surface area contributed by atoms with Gasteiger partial charge in [0, 0.05) is 75.1 Å². The molecule has 7 rings (SSSR count). The minimum Gasteiger partial charge on any atom is -0.493 e. The van der Waals surface area contributed by atoms with Gasteiger partial charge in [-0.25, -0.2) is 14.5 Å². The van der Waals surface area contributed by atoms with Crippen molar-refractivity contribution in [3.63, 3.8) is 0 Å². The second-order valence-corrected chi connectivity index (χ2v) is 16.2. The molecule has 1 unspecified atom stereocenters. The number of carbonyl (C=O) groups excluding carboxylic acids is 4. The summed E-state index contributed by atoms with van der Waals surface area (Å²) in [6.07, 6.45) is 3.49. The molecule has 0 saturated carbocycles. The first-order chi connectivity index (χ1) is 29.6. The van der Waals surface area contributed by atoms with Crippen LogP contribution in [0.3, 0.4) is 0 Å². The number of nitrogens with zero attached hydrogens (tertiary/aromatic N) is 4. The first kappa shape index (κ1) is 44.0. The van der Waals surface area contributed by atoms with E-state index < -0.39 is 36.7 Å². The van der Waals surface area contributed by atoms with Crippen molar-refractivity contribution in [3.05, 3.63) is 66.2 Å². The third kappa shape index (κ3) is 9.85. The lowest BCUT2D eigenvalue weighted by Crippen LogP contribution is -2.53. The summed E-state index contributed by atoms with van der Waals surface area (Å²) in [4.78, 5) is 61.4. The van der Waals surface area contributed by atoms with Crippen molar-refractivity contribution in [3.8, 4) is 17.2 Å². The number of hydrogen-bond donors (Lipinski definition) is 1. The van der Waals surface area contributed by atoms with Gasteiger partial charge in [-0.05, 0) is 69.5 Å². The van der Waals surface area contributed by atoms with Crippen LogP contribution in [0.2, 0.25) is 0 Å². The number of alkyl halides is 1. The topological polar surface area (TPSA) is 149 Å². The molecule has 61 heavy (non-hydrogen) atoms. The number of rotatable bonds is 14. The van der Waals surface area contributed by atoms with Crippen molar-refractivity contribution in [1.29, 1.82) is 0 Å². The lowest BCUT2D eigenvalue weighted by atomic mass is 9.95. The maximum atomic E-state index is 13.9. The predicted molar refractivity (Wildman–Crippen MR) is 231 cm³/mol. The molecule has 2 fully saturated rings. The van der Waals surface area contributed by atoms with Crippen LogP contribution in [0.4, 0.5) is 21.0 Å². The number of halogens is 1. The number of methoxy groups -OCH3 is 1.